The Kier molecular flexibility index (Phi) is 10.1. The molecule has 0 bridgehead atoms. The molecule has 2 fully saturated rings. The van der Waals surface area contributed by atoms with Crippen molar-refractivity contribution in [3.63, 3.8) is 0 Å². The predicted molar refractivity (Wildman–Crippen MR) is 213 cm³/mol. The number of aryl methyl sites for hydroxylation is 1. The van der Waals surface area contributed by atoms with Crippen LogP contribution in [-0.2, 0) is 6.42 Å². The number of aliphatic hydroxyl groups is 2. The van der Waals surface area contributed by atoms with Gasteiger partial charge in [-0.25, -0.2) is 9.78 Å². The van der Waals surface area contributed by atoms with Crippen molar-refractivity contribution in [2.45, 2.75) is 62.4 Å². The first-order chi connectivity index (χ1) is 28.4. The average molecular weight is 783 g/mol. The van der Waals surface area contributed by atoms with Gasteiger partial charge in [0.15, 0.2) is 22.8 Å². The first-order valence-corrected chi connectivity index (χ1v) is 19.3. The van der Waals surface area contributed by atoms with Gasteiger partial charge in [-0.15, -0.1) is 20.4 Å². The summed E-state index contributed by atoms with van der Waals surface area (Å²) in [5.41, 5.74) is 4.61. The van der Waals surface area contributed by atoms with Crippen molar-refractivity contribution in [1.29, 1.82) is 0 Å². The van der Waals surface area contributed by atoms with Gasteiger partial charge in [-0.3, -0.25) is 0 Å². The molecule has 0 spiro atoms. The number of anilines is 3. The number of tetrazole rings is 2. The zero-order valence-corrected chi connectivity index (χ0v) is 31.5. The molecule has 5 heterocycles. The van der Waals surface area contributed by atoms with E-state index in [9.17, 15) is 15.0 Å². The largest absolute Gasteiger partial charge is 0.388 e. The van der Waals surface area contributed by atoms with Crippen molar-refractivity contribution in [3.05, 3.63) is 108 Å². The number of hydrogen-bond donors (Lipinski definition) is 6. The van der Waals surface area contributed by atoms with Gasteiger partial charge in [0, 0.05) is 49.3 Å². The van der Waals surface area contributed by atoms with E-state index < -0.39 is 24.3 Å². The summed E-state index contributed by atoms with van der Waals surface area (Å²) < 4.78 is 1.81. The maximum atomic E-state index is 13.2. The molecule has 19 heteroatoms. The number of aromatic nitrogens is 12. The molecule has 1 aliphatic carbocycles. The maximum Gasteiger partial charge on any atom is 0.319 e. The van der Waals surface area contributed by atoms with Gasteiger partial charge in [-0.1, -0.05) is 79.7 Å². The Bertz CT molecular complexity index is 2440. The van der Waals surface area contributed by atoms with E-state index >= 15 is 0 Å². The fourth-order valence-electron chi connectivity index (χ4n) is 7.87. The number of hydrogen-bond acceptors (Lipinski definition) is 14. The van der Waals surface area contributed by atoms with Gasteiger partial charge in [0.2, 0.25) is 11.8 Å². The number of amides is 2. The van der Waals surface area contributed by atoms with Gasteiger partial charge in [0.05, 0.1) is 12.4 Å². The number of nitrogens with zero attached hydrogens (tertiary/aromatic N) is 12. The topological polar surface area (TPSA) is 239 Å². The van der Waals surface area contributed by atoms with Crippen molar-refractivity contribution in [2.24, 2.45) is 0 Å². The third-order valence-electron chi connectivity index (χ3n) is 10.9. The highest BCUT2D eigenvalue weighted by Crippen LogP contribution is 2.40. The minimum atomic E-state index is -1.15. The smallest absolute Gasteiger partial charge is 0.319 e. The molecule has 19 nitrogen and oxygen atoms in total. The van der Waals surface area contributed by atoms with E-state index in [0.717, 1.165) is 11.1 Å². The fourth-order valence-corrected chi connectivity index (χ4v) is 7.87. The SMILES string of the molecule is CCc1nnn([C@H]2C[C@@H](n3cnc4c(NCC(c5ccccc5)c5ccccc5)nc(N5CC[C@@H](NC(=O)Nc6cccc(-c7nn[nH]n7)c6)C5)nc43)[C@H](O)[C@@H]2O)n1. The molecule has 1 saturated carbocycles. The number of carbonyl (C=O) groups is 1. The van der Waals surface area contributed by atoms with E-state index in [0.29, 0.717) is 84.7 Å². The quantitative estimate of drug-likeness (QED) is 0.105. The van der Waals surface area contributed by atoms with Crippen molar-refractivity contribution < 1.29 is 15.0 Å². The summed E-state index contributed by atoms with van der Waals surface area (Å²) in [6.07, 6.45) is 0.921. The van der Waals surface area contributed by atoms with Gasteiger partial charge in [0.25, 0.3) is 0 Å². The average Bonchev–Trinajstić information content (AvgIpc) is 4.11. The Labute approximate surface area is 331 Å². The zero-order chi connectivity index (χ0) is 39.6. The molecule has 1 aliphatic heterocycles. The first kappa shape index (κ1) is 36.8. The van der Waals surface area contributed by atoms with Gasteiger partial charge in [-0.2, -0.15) is 20.0 Å². The number of carbonyl (C=O) groups excluding carboxylic acids is 1. The number of imidazole rings is 1. The highest BCUT2D eigenvalue weighted by atomic mass is 16.3. The van der Waals surface area contributed by atoms with Crippen LogP contribution in [0, 0.1) is 0 Å². The number of aliphatic hydroxyl groups excluding tert-OH is 2. The molecule has 4 aromatic heterocycles. The molecule has 2 aliphatic rings. The standard InChI is InChI=1S/C39H42N16O3/c1-2-31-46-52-55(49-31)30-19-29(33(56)34(30)57)54-22-41-32-36(40-20-28(23-10-5-3-6-11-23)24-12-7-4-8-13-24)44-38(45-37(32)54)53-17-16-27(21-53)43-39(58)42-26-15-9-14-25(18-26)35-47-50-51-48-35/h3-15,18,22,27-30,33-34,56-57H,2,16-17,19-21H2,1H3,(H,40,44,45)(H2,42,43,58)(H,47,48,50,51)/t27-,29-,30+,33+,34-/m1/s1. The van der Waals surface area contributed by atoms with Crippen LogP contribution in [0.25, 0.3) is 22.6 Å². The molecular formula is C39H42N16O3. The number of urea groups is 1. The number of fused-ring (bicyclic) bond motifs is 1. The van der Waals surface area contributed by atoms with Crippen molar-refractivity contribution >= 4 is 34.6 Å². The Balaban J connectivity index is 0.993. The van der Waals surface area contributed by atoms with E-state index in [-0.39, 0.29) is 18.0 Å². The molecule has 9 rings (SSSR count). The number of rotatable bonds is 12. The van der Waals surface area contributed by atoms with E-state index in [4.69, 9.17) is 15.0 Å². The lowest BCUT2D eigenvalue weighted by atomic mass is 9.91. The number of H-pyrrole nitrogens is 1. The van der Waals surface area contributed by atoms with Gasteiger partial charge >= 0.3 is 6.03 Å². The summed E-state index contributed by atoms with van der Waals surface area (Å²) in [4.78, 5) is 31.5. The van der Waals surface area contributed by atoms with Crippen LogP contribution in [0.2, 0.25) is 0 Å². The van der Waals surface area contributed by atoms with Crippen molar-refractivity contribution in [3.8, 4) is 11.4 Å². The molecule has 296 valence electrons. The van der Waals surface area contributed by atoms with E-state index in [1.165, 1.54) is 4.80 Å². The van der Waals surface area contributed by atoms with Crippen molar-refractivity contribution in [1.82, 2.24) is 65.7 Å². The third-order valence-corrected chi connectivity index (χ3v) is 10.9. The summed E-state index contributed by atoms with van der Waals surface area (Å²) >= 11 is 0. The van der Waals surface area contributed by atoms with Crippen LogP contribution in [0.4, 0.5) is 22.2 Å². The lowest BCUT2D eigenvalue weighted by molar-refractivity contribution is 0.00473. The van der Waals surface area contributed by atoms with Gasteiger partial charge in [-0.05, 0) is 46.5 Å². The molecule has 0 radical (unpaired) electrons. The van der Waals surface area contributed by atoms with E-state index in [1.54, 1.807) is 18.5 Å². The number of aromatic amines is 1. The summed E-state index contributed by atoms with van der Waals surface area (Å²) in [7, 11) is 0. The second-order valence-corrected chi connectivity index (χ2v) is 14.5. The Morgan fingerprint density at radius 1 is 0.948 bits per heavy atom. The summed E-state index contributed by atoms with van der Waals surface area (Å²) in [5, 5.41) is 59.0. The number of nitrogens with one attached hydrogen (secondary N) is 4. The van der Waals surface area contributed by atoms with Gasteiger partial charge in [0.1, 0.15) is 18.2 Å². The monoisotopic (exact) mass is 782 g/mol. The van der Waals surface area contributed by atoms with Crippen LogP contribution in [0.3, 0.4) is 0 Å². The molecule has 6 N–H and O–H groups in total. The minimum Gasteiger partial charge on any atom is -0.388 e. The maximum absolute atomic E-state index is 13.2. The Hall–Kier alpha value is -6.86. The second-order valence-electron chi connectivity index (χ2n) is 14.5. The zero-order valence-electron chi connectivity index (χ0n) is 31.5. The molecule has 7 aromatic rings. The summed E-state index contributed by atoms with van der Waals surface area (Å²) in [6.45, 7) is 3.48. The van der Waals surface area contributed by atoms with Gasteiger partial charge < -0.3 is 35.6 Å². The lowest BCUT2D eigenvalue weighted by Crippen LogP contribution is -2.40. The van der Waals surface area contributed by atoms with Crippen LogP contribution < -0.4 is 20.9 Å². The van der Waals surface area contributed by atoms with E-state index in [2.05, 4.69) is 76.3 Å². The normalized spacial score (nSPS) is 20.6. The molecular weight excluding hydrogens is 741 g/mol. The molecule has 0 unspecified atom stereocenters. The Morgan fingerprint density at radius 3 is 2.45 bits per heavy atom. The highest BCUT2D eigenvalue weighted by Gasteiger charge is 2.45. The molecule has 2 amide bonds. The number of benzene rings is 3. The van der Waals surface area contributed by atoms with Crippen molar-refractivity contribution in [2.75, 3.05) is 35.2 Å². The predicted octanol–water partition coefficient (Wildman–Crippen LogP) is 3.11. The van der Waals surface area contributed by atoms with Crippen LogP contribution in [0.5, 0.6) is 0 Å². The lowest BCUT2D eigenvalue weighted by Gasteiger charge is -2.22. The molecule has 5 atom stereocenters. The van der Waals surface area contributed by atoms with E-state index in [1.807, 2.05) is 64.9 Å². The molecule has 3 aromatic carbocycles. The second kappa shape index (κ2) is 15.9. The molecule has 58 heavy (non-hydrogen) atoms. The first-order valence-electron chi connectivity index (χ1n) is 19.3. The molecule has 1 saturated heterocycles. The van der Waals surface area contributed by atoms with Crippen LogP contribution in [0.1, 0.15) is 54.7 Å². The highest BCUT2D eigenvalue weighted by molar-refractivity contribution is 5.90. The fraction of sp³-hybridized carbons (Fsp3) is 0.333. The van der Waals surface area contributed by atoms with Crippen LogP contribution in [-0.4, -0.2) is 114 Å². The summed E-state index contributed by atoms with van der Waals surface area (Å²) in [6, 6.07) is 26.1. The Morgan fingerprint density at radius 2 is 1.72 bits per heavy atom. The minimum absolute atomic E-state index is 0.000453. The third kappa shape index (κ3) is 7.39. The van der Waals surface area contributed by atoms with Crippen LogP contribution in [0.15, 0.2) is 91.3 Å². The summed E-state index contributed by atoms with van der Waals surface area (Å²) in [5.74, 6) is 1.96. The van der Waals surface area contributed by atoms with Crippen LogP contribution >= 0.6 is 0 Å².